The zero-order valence-electron chi connectivity index (χ0n) is 16.0. The molecule has 0 N–H and O–H groups in total. The number of carbonyl (C=O) groups is 1. The summed E-state index contributed by atoms with van der Waals surface area (Å²) in [4.78, 5) is 25.2. The van der Waals surface area contributed by atoms with Crippen LogP contribution in [0.1, 0.15) is 28.7 Å². The van der Waals surface area contributed by atoms with Gasteiger partial charge in [0, 0.05) is 17.8 Å². The van der Waals surface area contributed by atoms with E-state index in [2.05, 4.69) is 21.0 Å². The average molecular weight is 489 g/mol. The van der Waals surface area contributed by atoms with E-state index in [1.165, 1.54) is 22.9 Å². The molecule has 0 aliphatic heterocycles. The molecular weight excluding hydrogens is 474 g/mol. The van der Waals surface area contributed by atoms with Crippen LogP contribution in [0, 0.1) is 18.3 Å². The van der Waals surface area contributed by atoms with Gasteiger partial charge in [0.1, 0.15) is 0 Å². The van der Waals surface area contributed by atoms with E-state index in [4.69, 9.17) is 26.3 Å². The van der Waals surface area contributed by atoms with Crippen LogP contribution in [0.2, 0.25) is 5.02 Å². The van der Waals surface area contributed by atoms with Gasteiger partial charge in [-0.15, -0.1) is 0 Å². The third kappa shape index (κ3) is 4.37. The van der Waals surface area contributed by atoms with Crippen LogP contribution >= 0.6 is 27.5 Å². The van der Waals surface area contributed by atoms with Crippen LogP contribution in [-0.2, 0) is 0 Å². The highest BCUT2D eigenvalue weighted by Crippen LogP contribution is 2.37. The van der Waals surface area contributed by atoms with E-state index in [9.17, 15) is 9.59 Å². The van der Waals surface area contributed by atoms with E-state index in [0.29, 0.717) is 26.4 Å². The molecule has 2 aromatic carbocycles. The summed E-state index contributed by atoms with van der Waals surface area (Å²) in [5, 5.41) is 13.7. The maximum atomic E-state index is 12.8. The average Bonchev–Trinajstić information content (AvgIpc) is 2.71. The molecule has 9 heteroatoms. The van der Waals surface area contributed by atoms with Crippen molar-refractivity contribution in [1.82, 2.24) is 9.78 Å². The first-order valence-corrected chi connectivity index (χ1v) is 9.97. The Bertz CT molecular complexity index is 1230. The molecule has 0 aliphatic rings. The normalized spacial score (nSPS) is 10.4. The van der Waals surface area contributed by atoms with Crippen LogP contribution in [-0.4, -0.2) is 22.4 Å². The minimum absolute atomic E-state index is 0.0481. The van der Waals surface area contributed by atoms with Crippen LogP contribution in [0.4, 0.5) is 0 Å². The number of hydrogen-bond acceptors (Lipinski definition) is 6. The van der Waals surface area contributed by atoms with E-state index in [1.54, 1.807) is 38.1 Å². The largest absolute Gasteiger partial charge is 0.490 e. The Morgan fingerprint density at radius 2 is 2.03 bits per heavy atom. The van der Waals surface area contributed by atoms with E-state index < -0.39 is 17.1 Å². The van der Waals surface area contributed by atoms with Crippen molar-refractivity contribution in [3.05, 3.63) is 79.1 Å². The van der Waals surface area contributed by atoms with Crippen molar-refractivity contribution in [2.45, 2.75) is 13.8 Å². The molecule has 1 heterocycles. The zero-order valence-corrected chi connectivity index (χ0v) is 18.3. The predicted molar refractivity (Wildman–Crippen MR) is 115 cm³/mol. The molecule has 30 heavy (non-hydrogen) atoms. The van der Waals surface area contributed by atoms with Crippen molar-refractivity contribution in [1.29, 1.82) is 5.26 Å². The Labute approximate surface area is 185 Å². The molecule has 0 aliphatic carbocycles. The topological polar surface area (TPSA) is 94.2 Å². The first-order chi connectivity index (χ1) is 14.3. The molecule has 0 atom stereocenters. The standard InChI is InChI=1S/C21H15BrClN3O4/c1-3-29-18-10-13(11-24)9-14(22)20(18)30-21(28)19-17(27)8-12(2)26(25-19)16-7-5-4-6-15(16)23/h4-10H,3H2,1-2H3. The number of nitrogens with zero attached hydrogens (tertiary/aromatic N) is 3. The van der Waals surface area contributed by atoms with Crippen LogP contribution in [0.25, 0.3) is 5.69 Å². The lowest BCUT2D eigenvalue weighted by atomic mass is 10.2. The molecule has 1 aromatic heterocycles. The van der Waals surface area contributed by atoms with Gasteiger partial charge in [0.25, 0.3) is 0 Å². The van der Waals surface area contributed by atoms with Gasteiger partial charge < -0.3 is 9.47 Å². The second kappa shape index (κ2) is 9.11. The van der Waals surface area contributed by atoms with Crippen molar-refractivity contribution in [3.63, 3.8) is 0 Å². The molecular formula is C21H15BrClN3O4. The number of benzene rings is 2. The van der Waals surface area contributed by atoms with Gasteiger partial charge in [-0.3, -0.25) is 4.79 Å². The summed E-state index contributed by atoms with van der Waals surface area (Å²) in [5.74, 6) is -0.727. The van der Waals surface area contributed by atoms with Crippen molar-refractivity contribution in [2.24, 2.45) is 0 Å². The maximum absolute atomic E-state index is 12.8. The molecule has 0 unspecified atom stereocenters. The van der Waals surface area contributed by atoms with Gasteiger partial charge in [-0.2, -0.15) is 10.4 Å². The summed E-state index contributed by atoms with van der Waals surface area (Å²) >= 11 is 9.50. The summed E-state index contributed by atoms with van der Waals surface area (Å²) in [6.45, 7) is 3.72. The number of aryl methyl sites for hydroxylation is 1. The van der Waals surface area contributed by atoms with Gasteiger partial charge in [-0.25, -0.2) is 9.48 Å². The Kier molecular flexibility index (Phi) is 6.55. The summed E-state index contributed by atoms with van der Waals surface area (Å²) < 4.78 is 12.6. The molecule has 0 saturated carbocycles. The second-order valence-electron chi connectivity index (χ2n) is 6.08. The van der Waals surface area contributed by atoms with E-state index in [0.717, 1.165) is 0 Å². The molecule has 3 rings (SSSR count). The summed E-state index contributed by atoms with van der Waals surface area (Å²) in [5.41, 5.74) is 0.321. The van der Waals surface area contributed by atoms with Crippen molar-refractivity contribution >= 4 is 33.5 Å². The van der Waals surface area contributed by atoms with Crippen LogP contribution in [0.5, 0.6) is 11.5 Å². The van der Waals surface area contributed by atoms with E-state index in [1.807, 2.05) is 6.07 Å². The number of hydrogen-bond donors (Lipinski definition) is 0. The number of aromatic nitrogens is 2. The Morgan fingerprint density at radius 1 is 1.30 bits per heavy atom. The fourth-order valence-electron chi connectivity index (χ4n) is 2.69. The van der Waals surface area contributed by atoms with Crippen LogP contribution < -0.4 is 14.9 Å². The van der Waals surface area contributed by atoms with Gasteiger partial charge in [0.15, 0.2) is 11.5 Å². The molecule has 0 bridgehead atoms. The number of carbonyl (C=O) groups excluding carboxylic acids is 1. The first kappa shape index (κ1) is 21.6. The van der Waals surface area contributed by atoms with Gasteiger partial charge in [0.05, 0.1) is 33.4 Å². The highest BCUT2D eigenvalue weighted by Gasteiger charge is 2.22. The number of nitriles is 1. The molecule has 0 saturated heterocycles. The van der Waals surface area contributed by atoms with Gasteiger partial charge in [0.2, 0.25) is 11.1 Å². The number of halogens is 2. The Balaban J connectivity index is 2.05. The number of esters is 1. The fraction of sp³-hybridized carbons (Fsp3) is 0.143. The van der Waals surface area contributed by atoms with Crippen molar-refractivity contribution in [3.8, 4) is 23.3 Å². The van der Waals surface area contributed by atoms with Gasteiger partial charge in [-0.1, -0.05) is 23.7 Å². The second-order valence-corrected chi connectivity index (χ2v) is 7.34. The summed E-state index contributed by atoms with van der Waals surface area (Å²) in [6, 6.07) is 13.1. The molecule has 0 fully saturated rings. The monoisotopic (exact) mass is 487 g/mol. The fourth-order valence-corrected chi connectivity index (χ4v) is 3.43. The SMILES string of the molecule is CCOc1cc(C#N)cc(Br)c1OC(=O)c1nn(-c2ccccc2Cl)c(C)cc1=O. The summed E-state index contributed by atoms with van der Waals surface area (Å²) in [7, 11) is 0. The molecule has 0 amide bonds. The van der Waals surface area contributed by atoms with Crippen molar-refractivity contribution < 1.29 is 14.3 Å². The number of para-hydroxylation sites is 1. The molecule has 0 radical (unpaired) electrons. The van der Waals surface area contributed by atoms with Crippen LogP contribution in [0.3, 0.4) is 0 Å². The number of rotatable bonds is 5. The Hall–Kier alpha value is -3.15. The minimum Gasteiger partial charge on any atom is -0.490 e. The van der Waals surface area contributed by atoms with Crippen molar-refractivity contribution in [2.75, 3.05) is 6.61 Å². The third-order valence-corrected chi connectivity index (χ3v) is 4.92. The summed E-state index contributed by atoms with van der Waals surface area (Å²) in [6.07, 6.45) is 0. The maximum Gasteiger partial charge on any atom is 0.368 e. The highest BCUT2D eigenvalue weighted by molar-refractivity contribution is 9.10. The first-order valence-electron chi connectivity index (χ1n) is 8.80. The predicted octanol–water partition coefficient (Wildman–Crippen LogP) is 4.45. The highest BCUT2D eigenvalue weighted by atomic mass is 79.9. The van der Waals surface area contributed by atoms with Gasteiger partial charge in [-0.05, 0) is 48.0 Å². The third-order valence-electron chi connectivity index (χ3n) is 4.01. The lowest BCUT2D eigenvalue weighted by Gasteiger charge is -2.14. The lowest BCUT2D eigenvalue weighted by Crippen LogP contribution is -2.26. The zero-order chi connectivity index (χ0) is 21.8. The molecule has 7 nitrogen and oxygen atoms in total. The lowest BCUT2D eigenvalue weighted by molar-refractivity contribution is 0.0717. The molecule has 152 valence electrons. The molecule has 0 spiro atoms. The van der Waals surface area contributed by atoms with Crippen LogP contribution in [0.15, 0.2) is 51.7 Å². The van der Waals surface area contributed by atoms with E-state index >= 15 is 0 Å². The Morgan fingerprint density at radius 3 is 2.70 bits per heavy atom. The number of ether oxygens (including phenoxy) is 2. The van der Waals surface area contributed by atoms with E-state index in [-0.39, 0.29) is 18.1 Å². The smallest absolute Gasteiger partial charge is 0.368 e. The quantitative estimate of drug-likeness (QED) is 0.389. The van der Waals surface area contributed by atoms with Gasteiger partial charge >= 0.3 is 5.97 Å². The molecule has 3 aromatic rings. The minimum atomic E-state index is -0.966.